The van der Waals surface area contributed by atoms with Gasteiger partial charge in [0.1, 0.15) is 4.88 Å². The van der Waals surface area contributed by atoms with Gasteiger partial charge >= 0.3 is 0 Å². The first kappa shape index (κ1) is 13.6. The monoisotopic (exact) mass is 253 g/mol. The Bertz CT molecular complexity index is 400. The molecule has 17 heavy (non-hydrogen) atoms. The van der Waals surface area contributed by atoms with Crippen LogP contribution in [0.15, 0.2) is 18.7 Å². The molecule has 0 aliphatic heterocycles. The van der Waals surface area contributed by atoms with E-state index in [-0.39, 0.29) is 5.91 Å². The molecule has 0 aliphatic rings. The van der Waals surface area contributed by atoms with Gasteiger partial charge in [0.05, 0.1) is 10.7 Å². The Balaban J connectivity index is 2.80. The van der Waals surface area contributed by atoms with Crippen LogP contribution in [0.25, 0.3) is 0 Å². The van der Waals surface area contributed by atoms with E-state index < -0.39 is 0 Å². The van der Waals surface area contributed by atoms with Crippen LogP contribution in [-0.2, 0) is 0 Å². The van der Waals surface area contributed by atoms with Gasteiger partial charge in [-0.1, -0.05) is 13.0 Å². The third-order valence-corrected chi connectivity index (χ3v) is 3.56. The van der Waals surface area contributed by atoms with E-state index in [0.29, 0.717) is 17.1 Å². The molecule has 1 rings (SSSR count). The van der Waals surface area contributed by atoms with E-state index in [1.54, 1.807) is 6.08 Å². The fourth-order valence-corrected chi connectivity index (χ4v) is 2.43. The van der Waals surface area contributed by atoms with Crippen LogP contribution in [0, 0.1) is 0 Å². The molecule has 0 saturated heterocycles. The molecule has 1 amide bonds. The van der Waals surface area contributed by atoms with Gasteiger partial charge in [-0.25, -0.2) is 0 Å². The molecule has 0 bridgehead atoms. The highest BCUT2D eigenvalue weighted by Crippen LogP contribution is 2.31. The van der Waals surface area contributed by atoms with Crippen molar-refractivity contribution >= 4 is 27.9 Å². The summed E-state index contributed by atoms with van der Waals surface area (Å²) in [5.74, 6) is -0.136. The largest absolute Gasteiger partial charge is 0.397 e. The number of hydrogen-bond donors (Lipinski definition) is 2. The SMILES string of the molecule is C=CCNC(=O)c1sc(N(C)CCC)cc1N. The molecule has 0 aromatic carbocycles. The average molecular weight is 253 g/mol. The zero-order valence-electron chi connectivity index (χ0n) is 10.3. The lowest BCUT2D eigenvalue weighted by molar-refractivity contribution is 0.0963. The molecule has 0 radical (unpaired) electrons. The van der Waals surface area contributed by atoms with Crippen molar-refractivity contribution in [1.29, 1.82) is 0 Å². The Morgan fingerprint density at radius 3 is 3.00 bits per heavy atom. The number of amides is 1. The maximum Gasteiger partial charge on any atom is 0.263 e. The lowest BCUT2D eigenvalue weighted by Gasteiger charge is -2.14. The standard InChI is InChI=1S/C12H19N3OS/c1-4-6-14-12(16)11-9(13)8-10(17-11)15(3)7-5-2/h4,8H,1,5-7,13H2,2-3H3,(H,14,16). The van der Waals surface area contributed by atoms with E-state index in [9.17, 15) is 4.79 Å². The first-order valence-corrected chi connectivity index (χ1v) is 6.41. The topological polar surface area (TPSA) is 58.4 Å². The first-order chi connectivity index (χ1) is 8.10. The summed E-state index contributed by atoms with van der Waals surface area (Å²) in [6, 6.07) is 1.85. The van der Waals surface area contributed by atoms with E-state index >= 15 is 0 Å². The van der Waals surface area contributed by atoms with E-state index in [1.165, 1.54) is 11.3 Å². The lowest BCUT2D eigenvalue weighted by Crippen LogP contribution is -2.22. The predicted molar refractivity (Wildman–Crippen MR) is 74.8 cm³/mol. The van der Waals surface area contributed by atoms with Crippen molar-refractivity contribution in [2.75, 3.05) is 30.8 Å². The van der Waals surface area contributed by atoms with Gasteiger partial charge in [0.15, 0.2) is 0 Å². The summed E-state index contributed by atoms with van der Waals surface area (Å²) in [6.45, 7) is 7.08. The molecule has 0 unspecified atom stereocenters. The zero-order chi connectivity index (χ0) is 12.8. The second-order valence-corrected chi connectivity index (χ2v) is 4.82. The number of carbonyl (C=O) groups excluding carboxylic acids is 1. The Labute approximate surface area is 106 Å². The molecular formula is C12H19N3OS. The number of rotatable bonds is 6. The van der Waals surface area contributed by atoms with Crippen molar-refractivity contribution in [3.8, 4) is 0 Å². The first-order valence-electron chi connectivity index (χ1n) is 5.59. The predicted octanol–water partition coefficient (Wildman–Crippen LogP) is 2.09. The Morgan fingerprint density at radius 2 is 2.41 bits per heavy atom. The Kier molecular flexibility index (Phi) is 5.03. The summed E-state index contributed by atoms with van der Waals surface area (Å²) >= 11 is 1.42. The van der Waals surface area contributed by atoms with Gasteiger partial charge in [0, 0.05) is 20.1 Å². The van der Waals surface area contributed by atoms with E-state index in [4.69, 9.17) is 5.73 Å². The summed E-state index contributed by atoms with van der Waals surface area (Å²) in [6.07, 6.45) is 2.71. The molecular weight excluding hydrogens is 234 g/mol. The van der Waals surface area contributed by atoms with Gasteiger partial charge in [-0.3, -0.25) is 4.79 Å². The molecule has 94 valence electrons. The highest BCUT2D eigenvalue weighted by Gasteiger charge is 2.15. The van der Waals surface area contributed by atoms with Crippen LogP contribution in [0.1, 0.15) is 23.0 Å². The third kappa shape index (κ3) is 3.49. The number of nitrogens with zero attached hydrogens (tertiary/aromatic N) is 1. The summed E-state index contributed by atoms with van der Waals surface area (Å²) in [7, 11) is 2.00. The summed E-state index contributed by atoms with van der Waals surface area (Å²) in [5, 5.41) is 3.75. The van der Waals surface area contributed by atoms with Crippen LogP contribution in [0.4, 0.5) is 10.7 Å². The maximum absolute atomic E-state index is 11.8. The Morgan fingerprint density at radius 1 is 1.71 bits per heavy atom. The van der Waals surface area contributed by atoms with Crippen molar-refractivity contribution in [1.82, 2.24) is 5.32 Å². The fraction of sp³-hybridized carbons (Fsp3) is 0.417. The normalized spacial score (nSPS) is 10.0. The fourth-order valence-electron chi connectivity index (χ4n) is 1.45. The minimum atomic E-state index is -0.136. The van der Waals surface area contributed by atoms with Gasteiger partial charge in [-0.2, -0.15) is 0 Å². The highest BCUT2D eigenvalue weighted by molar-refractivity contribution is 7.18. The highest BCUT2D eigenvalue weighted by atomic mass is 32.1. The second kappa shape index (κ2) is 6.30. The molecule has 0 saturated carbocycles. The van der Waals surface area contributed by atoms with Crippen LogP contribution in [-0.4, -0.2) is 26.0 Å². The van der Waals surface area contributed by atoms with Crippen LogP contribution < -0.4 is 16.0 Å². The number of carbonyl (C=O) groups is 1. The number of nitrogens with one attached hydrogen (secondary N) is 1. The maximum atomic E-state index is 11.8. The van der Waals surface area contributed by atoms with Gasteiger partial charge in [-0.05, 0) is 12.5 Å². The van der Waals surface area contributed by atoms with Crippen molar-refractivity contribution in [3.63, 3.8) is 0 Å². The van der Waals surface area contributed by atoms with Gasteiger partial charge in [0.2, 0.25) is 0 Å². The zero-order valence-corrected chi connectivity index (χ0v) is 11.1. The van der Waals surface area contributed by atoms with E-state index in [2.05, 4.69) is 23.7 Å². The van der Waals surface area contributed by atoms with Gasteiger partial charge in [-0.15, -0.1) is 17.9 Å². The number of anilines is 2. The van der Waals surface area contributed by atoms with Crippen LogP contribution in [0.3, 0.4) is 0 Å². The summed E-state index contributed by atoms with van der Waals surface area (Å²) in [5.41, 5.74) is 6.38. The third-order valence-electron chi connectivity index (χ3n) is 2.30. The molecule has 0 spiro atoms. The molecule has 0 fully saturated rings. The smallest absolute Gasteiger partial charge is 0.263 e. The van der Waals surface area contributed by atoms with Gasteiger partial charge in [0.25, 0.3) is 5.91 Å². The molecule has 0 atom stereocenters. The van der Waals surface area contributed by atoms with Crippen LogP contribution in [0.2, 0.25) is 0 Å². The molecule has 1 heterocycles. The minimum absolute atomic E-state index is 0.136. The minimum Gasteiger partial charge on any atom is -0.397 e. The van der Waals surface area contributed by atoms with Crippen molar-refractivity contribution in [2.24, 2.45) is 0 Å². The number of nitrogens with two attached hydrogens (primary N) is 1. The molecule has 3 N–H and O–H groups in total. The molecule has 1 aromatic heterocycles. The summed E-state index contributed by atoms with van der Waals surface area (Å²) in [4.78, 5) is 14.4. The quantitative estimate of drug-likeness (QED) is 0.763. The second-order valence-electron chi connectivity index (χ2n) is 3.79. The van der Waals surface area contributed by atoms with Crippen molar-refractivity contribution in [3.05, 3.63) is 23.6 Å². The average Bonchev–Trinajstić information content (AvgIpc) is 2.68. The van der Waals surface area contributed by atoms with Gasteiger partial charge < -0.3 is 16.0 Å². The van der Waals surface area contributed by atoms with E-state index in [0.717, 1.165) is 18.0 Å². The van der Waals surface area contributed by atoms with Crippen LogP contribution in [0.5, 0.6) is 0 Å². The van der Waals surface area contributed by atoms with Crippen LogP contribution >= 0.6 is 11.3 Å². The number of thiophene rings is 1. The number of nitrogen functional groups attached to an aromatic ring is 1. The Hall–Kier alpha value is -1.49. The number of hydrogen-bond acceptors (Lipinski definition) is 4. The summed E-state index contributed by atoms with van der Waals surface area (Å²) < 4.78 is 0. The molecule has 1 aromatic rings. The van der Waals surface area contributed by atoms with E-state index in [1.807, 2.05) is 13.1 Å². The molecule has 4 nitrogen and oxygen atoms in total. The molecule has 5 heteroatoms. The lowest BCUT2D eigenvalue weighted by atomic mass is 10.3. The molecule has 0 aliphatic carbocycles. The van der Waals surface area contributed by atoms with Crippen molar-refractivity contribution < 1.29 is 4.79 Å². The van der Waals surface area contributed by atoms with Crippen molar-refractivity contribution in [2.45, 2.75) is 13.3 Å².